The number of pyridine rings is 1. The van der Waals surface area contributed by atoms with Crippen LogP contribution in [-0.2, 0) is 34.7 Å². The van der Waals surface area contributed by atoms with Gasteiger partial charge in [0.15, 0.2) is 11.5 Å². The fourth-order valence-electron chi connectivity index (χ4n) is 11.1. The Morgan fingerprint density at radius 1 is 0.937 bits per heavy atom. The molecule has 3 aromatic heterocycles. The van der Waals surface area contributed by atoms with Crippen LogP contribution in [0.3, 0.4) is 0 Å². The van der Waals surface area contributed by atoms with Gasteiger partial charge in [-0.2, -0.15) is 4.98 Å². The minimum atomic E-state index is -0.996. The third-order valence-corrected chi connectivity index (χ3v) is 14.5. The fourth-order valence-corrected chi connectivity index (χ4v) is 11.1. The molecular weight excluding hydrogens is 799 g/mol. The second-order valence-corrected chi connectivity index (χ2v) is 18.3. The second kappa shape index (κ2) is 14.9. The maximum Gasteiger partial charge on any atom is 0.278 e. The number of rotatable bonds is 10. The maximum absolute atomic E-state index is 13.6. The van der Waals surface area contributed by atoms with Crippen molar-refractivity contribution in [1.29, 1.82) is 0 Å². The van der Waals surface area contributed by atoms with Crippen LogP contribution in [0, 0.1) is 5.41 Å². The number of nitrogens with zero attached hydrogens (tertiary/aromatic N) is 9. The predicted molar refractivity (Wildman–Crippen MR) is 237 cm³/mol. The van der Waals surface area contributed by atoms with Crippen LogP contribution < -0.4 is 26.0 Å². The van der Waals surface area contributed by atoms with E-state index < -0.39 is 11.6 Å². The summed E-state index contributed by atoms with van der Waals surface area (Å²) in [5, 5.41) is 17.4. The molecule has 16 heteroatoms. The van der Waals surface area contributed by atoms with Crippen molar-refractivity contribution in [3.8, 4) is 5.82 Å². The second-order valence-electron chi connectivity index (χ2n) is 18.3. The molecule has 3 amide bonds. The number of anilines is 4. The van der Waals surface area contributed by atoms with Crippen LogP contribution in [0.25, 0.3) is 16.9 Å². The molecule has 6 aliphatic rings. The number of aromatic nitrogens is 5. The molecule has 0 bridgehead atoms. The van der Waals surface area contributed by atoms with E-state index in [1.165, 1.54) is 5.69 Å². The van der Waals surface area contributed by atoms with Crippen molar-refractivity contribution in [2.24, 2.45) is 5.41 Å². The molecule has 324 valence electrons. The van der Waals surface area contributed by atoms with Crippen molar-refractivity contribution in [3.63, 3.8) is 0 Å². The number of fused-ring (bicyclic) bond motifs is 3. The first-order valence-corrected chi connectivity index (χ1v) is 22.2. The summed E-state index contributed by atoms with van der Waals surface area (Å²) >= 11 is 0. The van der Waals surface area contributed by atoms with E-state index in [9.17, 15) is 24.3 Å². The van der Waals surface area contributed by atoms with Crippen LogP contribution in [0.5, 0.6) is 0 Å². The van der Waals surface area contributed by atoms with Crippen molar-refractivity contribution < 1.29 is 19.5 Å². The number of aryl methyl sites for hydroxylation is 1. The number of allylic oxidation sites excluding steroid dienone is 1. The molecule has 4 fully saturated rings. The zero-order valence-electron chi connectivity index (χ0n) is 35.4. The van der Waals surface area contributed by atoms with E-state index in [-0.39, 0.29) is 41.7 Å². The lowest BCUT2D eigenvalue weighted by molar-refractivity contribution is -0.136. The number of aliphatic hydroxyl groups is 1. The quantitative estimate of drug-likeness (QED) is 0.136. The number of likely N-dealkylation sites (tertiary alicyclic amines) is 1. The normalized spacial score (nSPS) is 23.2. The molecule has 1 unspecified atom stereocenters. The van der Waals surface area contributed by atoms with Crippen LogP contribution in [0.4, 0.5) is 23.0 Å². The zero-order valence-corrected chi connectivity index (χ0v) is 35.4. The monoisotopic (exact) mass is 849 g/mol. The summed E-state index contributed by atoms with van der Waals surface area (Å²) in [5.74, 6) is 0.0717. The van der Waals surface area contributed by atoms with E-state index in [1.807, 2.05) is 43.3 Å². The molecule has 11 rings (SSSR count). The lowest BCUT2D eigenvalue weighted by Gasteiger charge is -2.63. The zero-order chi connectivity index (χ0) is 43.2. The van der Waals surface area contributed by atoms with Crippen molar-refractivity contribution in [2.75, 3.05) is 54.4 Å². The summed E-state index contributed by atoms with van der Waals surface area (Å²) in [6.45, 7) is 12.5. The molecule has 5 aliphatic heterocycles. The Labute approximate surface area is 364 Å². The molecule has 0 saturated carbocycles. The molecule has 5 aromatic rings. The van der Waals surface area contributed by atoms with Crippen molar-refractivity contribution >= 4 is 51.8 Å². The molecule has 0 radical (unpaired) electrons. The van der Waals surface area contributed by atoms with Crippen LogP contribution in [0.2, 0.25) is 0 Å². The van der Waals surface area contributed by atoms with Gasteiger partial charge in [0.1, 0.15) is 17.0 Å². The van der Waals surface area contributed by atoms with Gasteiger partial charge >= 0.3 is 0 Å². The van der Waals surface area contributed by atoms with Crippen LogP contribution in [-0.4, -0.2) is 108 Å². The molecule has 8 heterocycles. The first-order chi connectivity index (χ1) is 30.5. The third kappa shape index (κ3) is 6.52. The number of piperidine rings is 2. The minimum absolute atomic E-state index is 0.129. The van der Waals surface area contributed by atoms with Gasteiger partial charge in [-0.3, -0.25) is 29.4 Å². The highest BCUT2D eigenvalue weighted by Gasteiger charge is 2.54. The average Bonchev–Trinajstić information content (AvgIpc) is 3.88. The first-order valence-electron chi connectivity index (χ1n) is 22.2. The van der Waals surface area contributed by atoms with Gasteiger partial charge in [-0.15, -0.1) is 6.58 Å². The van der Waals surface area contributed by atoms with Crippen LogP contribution in [0.15, 0.2) is 78.2 Å². The Hall–Kier alpha value is -6.39. The van der Waals surface area contributed by atoms with E-state index in [4.69, 9.17) is 9.97 Å². The van der Waals surface area contributed by atoms with Gasteiger partial charge in [0.25, 0.3) is 11.5 Å². The molecule has 4 saturated heterocycles. The summed E-state index contributed by atoms with van der Waals surface area (Å²) in [6.07, 6.45) is 7.96. The minimum Gasteiger partial charge on any atom is -0.384 e. The molecule has 63 heavy (non-hydrogen) atoms. The van der Waals surface area contributed by atoms with E-state index in [0.29, 0.717) is 65.9 Å². The summed E-state index contributed by atoms with van der Waals surface area (Å²) in [5.41, 5.74) is 5.87. The standard InChI is InChI=1S/C47H51N11O5/c1-3-20-57-44(62)34-23-48-45(52-41(34)58(57)38-14-8-29-16-19-47(63,4-2)40(29)50-38)49-30-9-11-31(12-10-30)53-21-17-32(18-22-53)54-25-46(26-54)27-55(28-46)36-7-5-6-33-35(36)24-56(43(33)61)37-13-15-39(59)51-42(37)60/h3,5-12,14,23,32,37,63H,1,4,13,15-22,24-28H2,2H3,(H,48,49,52)(H,51,59,60)/t37?,47-/m1/s1. The molecule has 1 spiro atoms. The molecular formula is C47H51N11O5. The molecule has 3 N–H and O–H groups in total. The van der Waals surface area contributed by atoms with E-state index in [2.05, 4.69) is 55.1 Å². The number of hydrogen-bond donors (Lipinski definition) is 3. The Morgan fingerprint density at radius 3 is 2.48 bits per heavy atom. The third-order valence-electron chi connectivity index (χ3n) is 14.5. The van der Waals surface area contributed by atoms with E-state index in [1.54, 1.807) is 26.5 Å². The van der Waals surface area contributed by atoms with E-state index in [0.717, 1.165) is 81.0 Å². The highest BCUT2D eigenvalue weighted by Crippen LogP contribution is 2.46. The highest BCUT2D eigenvalue weighted by atomic mass is 16.3. The molecule has 1 aliphatic carbocycles. The van der Waals surface area contributed by atoms with Gasteiger partial charge in [-0.25, -0.2) is 19.3 Å². The number of hydrogen-bond acceptors (Lipinski definition) is 12. The van der Waals surface area contributed by atoms with E-state index >= 15 is 0 Å². The van der Waals surface area contributed by atoms with Gasteiger partial charge in [-0.1, -0.05) is 25.1 Å². The van der Waals surface area contributed by atoms with Crippen molar-refractivity contribution in [2.45, 2.75) is 82.6 Å². The van der Waals surface area contributed by atoms with Gasteiger partial charge in [-0.05, 0) is 86.6 Å². The van der Waals surface area contributed by atoms with Crippen LogP contribution >= 0.6 is 0 Å². The van der Waals surface area contributed by atoms with Crippen molar-refractivity contribution in [3.05, 3.63) is 106 Å². The summed E-state index contributed by atoms with van der Waals surface area (Å²) in [6, 6.07) is 18.0. The molecule has 16 nitrogen and oxygen atoms in total. The average molecular weight is 850 g/mol. The molecule has 2 aromatic carbocycles. The Kier molecular flexibility index (Phi) is 9.31. The summed E-state index contributed by atoms with van der Waals surface area (Å²) in [4.78, 5) is 74.6. The van der Waals surface area contributed by atoms with Gasteiger partial charge in [0.2, 0.25) is 17.8 Å². The van der Waals surface area contributed by atoms with Crippen molar-refractivity contribution in [1.82, 2.24) is 39.4 Å². The Balaban J connectivity index is 0.704. The number of carbonyl (C=O) groups is 3. The fraction of sp³-hybridized carbons (Fsp3) is 0.426. The number of carbonyl (C=O) groups excluding carboxylic acids is 3. The maximum atomic E-state index is 13.6. The summed E-state index contributed by atoms with van der Waals surface area (Å²) < 4.78 is 3.25. The SMILES string of the molecule is C=CCn1c(=O)c2cnc(Nc3ccc(N4CCC(N5CC6(CN(c7cccc8c7CN(C7CCC(=O)NC7=O)C8=O)C6)C5)CC4)cc3)nc2n1-c1ccc2c(n1)[C@@](O)(CC)CC2. The Bertz CT molecular complexity index is 2760. The number of benzene rings is 2. The topological polar surface area (TPSA) is 174 Å². The number of imide groups is 1. The van der Waals surface area contributed by atoms with Gasteiger partial charge in [0, 0.05) is 98.1 Å². The number of nitrogens with one attached hydrogen (secondary N) is 2. The Morgan fingerprint density at radius 2 is 1.73 bits per heavy atom. The smallest absolute Gasteiger partial charge is 0.278 e. The molecule has 2 atom stereocenters. The van der Waals surface area contributed by atoms with Gasteiger partial charge in [0.05, 0.1) is 12.2 Å². The largest absolute Gasteiger partial charge is 0.384 e. The summed E-state index contributed by atoms with van der Waals surface area (Å²) in [7, 11) is 0. The predicted octanol–water partition coefficient (Wildman–Crippen LogP) is 4.00. The number of amides is 3. The highest BCUT2D eigenvalue weighted by molar-refractivity contribution is 6.06. The van der Waals surface area contributed by atoms with Crippen LogP contribution in [0.1, 0.15) is 72.6 Å². The van der Waals surface area contributed by atoms with Gasteiger partial charge < -0.3 is 25.1 Å². The lowest BCUT2D eigenvalue weighted by Crippen LogP contribution is -2.74. The lowest BCUT2D eigenvalue weighted by atomic mass is 9.71. The first kappa shape index (κ1) is 39.5.